The number of hydrogen-bond acceptors (Lipinski definition) is 6. The smallest absolute Gasteiger partial charge is 0.416 e. The van der Waals surface area contributed by atoms with Crippen molar-refractivity contribution in [2.75, 3.05) is 26.2 Å². The molecule has 31 heavy (non-hydrogen) atoms. The van der Waals surface area contributed by atoms with Crippen LogP contribution in [-0.2, 0) is 20.6 Å². The molecule has 0 aromatic heterocycles. The molecular weight excluding hydrogens is 419 g/mol. The third-order valence-electron chi connectivity index (χ3n) is 3.55. The Morgan fingerprint density at radius 1 is 1.13 bits per heavy atom. The molecule has 0 unspecified atom stereocenters. The molecule has 0 saturated heterocycles. The largest absolute Gasteiger partial charge is 0.478 e. The van der Waals surface area contributed by atoms with E-state index in [0.29, 0.717) is 56.1 Å². The van der Waals surface area contributed by atoms with Gasteiger partial charge in [0.2, 0.25) is 0 Å². The van der Waals surface area contributed by atoms with Crippen LogP contribution in [0.15, 0.2) is 41.6 Å². The van der Waals surface area contributed by atoms with Crippen molar-refractivity contribution in [3.8, 4) is 0 Å². The van der Waals surface area contributed by atoms with Crippen LogP contribution >= 0.6 is 0 Å². The molecule has 1 aromatic rings. The average molecular weight is 447 g/mol. The number of alkyl halides is 3. The van der Waals surface area contributed by atoms with Crippen molar-refractivity contribution in [1.82, 2.24) is 5.32 Å². The zero-order valence-electron chi connectivity index (χ0n) is 17.2. The lowest BCUT2D eigenvalue weighted by molar-refractivity contribution is -0.137. The van der Waals surface area contributed by atoms with Gasteiger partial charge in [-0.2, -0.15) is 13.2 Å². The van der Waals surface area contributed by atoms with E-state index in [1.807, 2.05) is 6.92 Å². The monoisotopic (exact) mass is 447 g/mol. The fourth-order valence-electron chi connectivity index (χ4n) is 2.05. The molecule has 0 atom stereocenters. The first-order chi connectivity index (χ1) is 14.6. The van der Waals surface area contributed by atoms with E-state index in [0.717, 1.165) is 25.0 Å². The first kappa shape index (κ1) is 28.1. The van der Waals surface area contributed by atoms with Gasteiger partial charge in [0.15, 0.2) is 0 Å². The van der Waals surface area contributed by atoms with E-state index in [2.05, 4.69) is 10.5 Å². The number of unbranched alkanes of at least 4 members (excludes halogenated alkanes) is 1. The third kappa shape index (κ3) is 14.7. The highest BCUT2D eigenvalue weighted by Gasteiger charge is 2.30. The maximum absolute atomic E-state index is 12.6. The van der Waals surface area contributed by atoms with Gasteiger partial charge in [0, 0.05) is 31.8 Å². The van der Waals surface area contributed by atoms with E-state index in [1.165, 1.54) is 12.1 Å². The third-order valence-corrected chi connectivity index (χ3v) is 3.55. The number of oxime groups is 1. The fraction of sp³-hybridized carbons (Fsp3) is 0.450. The zero-order valence-corrected chi connectivity index (χ0v) is 17.2. The number of nitrogens with zero attached hydrogens (tertiary/aromatic N) is 1. The fourth-order valence-corrected chi connectivity index (χ4v) is 2.05. The van der Waals surface area contributed by atoms with Gasteiger partial charge in [-0.05, 0) is 30.5 Å². The molecule has 1 aromatic carbocycles. The topological polar surface area (TPSA) is 134 Å². The predicted octanol–water partition coefficient (Wildman–Crippen LogP) is 2.88. The lowest BCUT2D eigenvalue weighted by Gasteiger charge is -2.10. The number of halogens is 3. The van der Waals surface area contributed by atoms with E-state index in [-0.39, 0.29) is 0 Å². The Kier molecular flexibility index (Phi) is 14.4. The van der Waals surface area contributed by atoms with E-state index in [1.54, 1.807) is 0 Å². The molecular formula is C20H28F3N3O5. The van der Waals surface area contributed by atoms with Gasteiger partial charge < -0.3 is 26.1 Å². The Morgan fingerprint density at radius 2 is 1.71 bits per heavy atom. The van der Waals surface area contributed by atoms with E-state index >= 15 is 0 Å². The van der Waals surface area contributed by atoms with Gasteiger partial charge in [0.25, 0.3) is 0 Å². The molecule has 0 radical (unpaired) electrons. The van der Waals surface area contributed by atoms with Crippen molar-refractivity contribution >= 4 is 17.7 Å². The van der Waals surface area contributed by atoms with Gasteiger partial charge >= 0.3 is 18.1 Å². The number of rotatable bonds is 12. The quantitative estimate of drug-likeness (QED) is 0.167. The van der Waals surface area contributed by atoms with E-state index in [9.17, 15) is 22.8 Å². The second kappa shape index (κ2) is 15.9. The lowest BCUT2D eigenvalue weighted by Crippen LogP contribution is -2.25. The minimum Gasteiger partial charge on any atom is -0.478 e. The summed E-state index contributed by atoms with van der Waals surface area (Å²) < 4.78 is 37.8. The summed E-state index contributed by atoms with van der Waals surface area (Å²) in [6, 6.07) is 5.01. The van der Waals surface area contributed by atoms with Gasteiger partial charge in [-0.3, -0.25) is 0 Å². The molecule has 0 amide bonds. The average Bonchev–Trinajstić information content (AvgIpc) is 2.71. The minimum absolute atomic E-state index is 0.385. The number of hydrogen-bond donors (Lipinski definition) is 4. The van der Waals surface area contributed by atoms with E-state index in [4.69, 9.17) is 20.8 Å². The van der Waals surface area contributed by atoms with Crippen LogP contribution in [0.5, 0.6) is 0 Å². The van der Waals surface area contributed by atoms with Crippen molar-refractivity contribution in [2.24, 2.45) is 10.9 Å². The van der Waals surface area contributed by atoms with E-state index < -0.39 is 23.7 Å². The number of carboxylic acids is 2. The molecule has 0 fully saturated rings. The van der Waals surface area contributed by atoms with Crippen LogP contribution in [0.4, 0.5) is 13.2 Å². The van der Waals surface area contributed by atoms with Crippen LogP contribution < -0.4 is 11.1 Å². The van der Waals surface area contributed by atoms with Crippen LogP contribution in [0.25, 0.3) is 0 Å². The Hall–Kier alpha value is -2.92. The molecule has 5 N–H and O–H groups in total. The molecule has 0 aliphatic rings. The van der Waals surface area contributed by atoms with Crippen LogP contribution in [0, 0.1) is 0 Å². The summed E-state index contributed by atoms with van der Waals surface area (Å²) in [4.78, 5) is 24.4. The molecule has 0 spiro atoms. The highest BCUT2D eigenvalue weighted by Crippen LogP contribution is 2.29. The van der Waals surface area contributed by atoms with Crippen LogP contribution in [0.1, 0.15) is 37.3 Å². The molecule has 0 aliphatic carbocycles. The summed E-state index contributed by atoms with van der Waals surface area (Å²) in [5.41, 5.74) is 6.01. The Bertz CT molecular complexity index is 704. The Labute approximate surface area is 178 Å². The maximum Gasteiger partial charge on any atom is 0.416 e. The van der Waals surface area contributed by atoms with Crippen molar-refractivity contribution in [2.45, 2.75) is 32.4 Å². The van der Waals surface area contributed by atoms with Gasteiger partial charge in [0.05, 0.1) is 11.3 Å². The Balaban J connectivity index is 0.000000954. The normalized spacial score (nSPS) is 11.7. The zero-order chi connectivity index (χ0) is 23.7. The highest BCUT2D eigenvalue weighted by atomic mass is 19.4. The molecule has 0 aliphatic heterocycles. The molecule has 11 heteroatoms. The van der Waals surface area contributed by atoms with Crippen LogP contribution in [-0.4, -0.2) is 54.1 Å². The molecule has 0 saturated carbocycles. The number of aliphatic carboxylic acids is 2. The summed E-state index contributed by atoms with van der Waals surface area (Å²) in [6.07, 6.45) is -0.681. The molecule has 1 rings (SSSR count). The maximum atomic E-state index is 12.6. The number of carbonyl (C=O) groups is 2. The Morgan fingerprint density at radius 3 is 2.16 bits per heavy atom. The first-order valence-electron chi connectivity index (χ1n) is 9.53. The number of nitrogens with one attached hydrogen (secondary N) is 1. The summed E-state index contributed by atoms with van der Waals surface area (Å²) in [7, 11) is 0. The highest BCUT2D eigenvalue weighted by molar-refractivity contribution is 6.00. The number of carboxylic acid groups (broad SMARTS) is 2. The van der Waals surface area contributed by atoms with Gasteiger partial charge in [-0.1, -0.05) is 30.6 Å². The molecule has 174 valence electrons. The first-order valence-corrected chi connectivity index (χ1v) is 9.53. The minimum atomic E-state index is -4.33. The summed E-state index contributed by atoms with van der Waals surface area (Å²) in [6.45, 7) is 4.30. The van der Waals surface area contributed by atoms with Crippen molar-refractivity contribution in [1.29, 1.82) is 0 Å². The van der Waals surface area contributed by atoms with Gasteiger partial charge in [0.1, 0.15) is 6.61 Å². The standard InChI is InChI=1S/C16H24F3N3O.C4H4O4/c1-2-3-4-15(22-23-12-11-21-10-9-20)13-5-7-14(8-6-13)16(17,18)19;5-3(6)1-2-4(7)8/h5-8,21H,2-4,9-12,20H2,1H3;1-2H,(H,5,6)(H,7,8)/b22-15+;2-1-. The summed E-state index contributed by atoms with van der Waals surface area (Å²) in [5, 5.41) is 22.8. The van der Waals surface area contributed by atoms with Crippen molar-refractivity contribution in [3.63, 3.8) is 0 Å². The van der Waals surface area contributed by atoms with Gasteiger partial charge in [-0.15, -0.1) is 0 Å². The molecule has 0 bridgehead atoms. The summed E-state index contributed by atoms with van der Waals surface area (Å²) in [5.74, 6) is -2.51. The van der Waals surface area contributed by atoms with Crippen LogP contribution in [0.2, 0.25) is 0 Å². The van der Waals surface area contributed by atoms with Gasteiger partial charge in [-0.25, -0.2) is 9.59 Å². The second-order valence-corrected chi connectivity index (χ2v) is 6.10. The van der Waals surface area contributed by atoms with Crippen LogP contribution in [0.3, 0.4) is 0 Å². The summed E-state index contributed by atoms with van der Waals surface area (Å²) >= 11 is 0. The second-order valence-electron chi connectivity index (χ2n) is 6.10. The number of nitrogens with two attached hydrogens (primary N) is 1. The van der Waals surface area contributed by atoms with Crippen molar-refractivity contribution in [3.05, 3.63) is 47.5 Å². The molecule has 8 nitrogen and oxygen atoms in total. The number of benzene rings is 1. The van der Waals surface area contributed by atoms with Crippen molar-refractivity contribution < 1.29 is 37.8 Å². The molecule has 0 heterocycles. The predicted molar refractivity (Wildman–Crippen MR) is 110 cm³/mol. The SMILES string of the molecule is CCCC/C(=N\OCCNCCN)c1ccc(C(F)(F)F)cc1.O=C(O)/C=C\C(=O)O. The lowest BCUT2D eigenvalue weighted by atomic mass is 10.0.